The molecule has 1 atom stereocenters. The lowest BCUT2D eigenvalue weighted by Gasteiger charge is -2.14. The molecule has 3 rings (SSSR count). The Labute approximate surface area is 170 Å². The minimum absolute atomic E-state index is 0.0877. The van der Waals surface area contributed by atoms with Crippen LogP contribution in [0.5, 0.6) is 5.75 Å². The van der Waals surface area contributed by atoms with Gasteiger partial charge in [-0.2, -0.15) is 0 Å². The van der Waals surface area contributed by atoms with Crippen molar-refractivity contribution in [3.05, 3.63) is 65.9 Å². The van der Waals surface area contributed by atoms with Gasteiger partial charge in [-0.15, -0.1) is 0 Å². The van der Waals surface area contributed by atoms with E-state index < -0.39 is 0 Å². The number of hydrogen-bond donors (Lipinski definition) is 2. The minimum Gasteiger partial charge on any atom is -0.491 e. The number of nitrogens with zero attached hydrogens (tertiary/aromatic N) is 1. The van der Waals surface area contributed by atoms with E-state index in [0.29, 0.717) is 11.3 Å². The topological polar surface area (TPSA) is 63.2 Å². The smallest absolute Gasteiger partial charge is 0.257 e. The second-order valence-electron chi connectivity index (χ2n) is 6.60. The predicted molar refractivity (Wildman–Crippen MR) is 117 cm³/mol. The Bertz CT molecular complexity index is 1020. The lowest BCUT2D eigenvalue weighted by molar-refractivity contribution is 0.0977. The summed E-state index contributed by atoms with van der Waals surface area (Å²) in [5.41, 5.74) is 3.10. The Kier molecular flexibility index (Phi) is 6.21. The number of ether oxygens (including phenoxy) is 1. The summed E-state index contributed by atoms with van der Waals surface area (Å²) < 4.78 is 5.78. The van der Waals surface area contributed by atoms with Crippen molar-refractivity contribution >= 4 is 39.8 Å². The van der Waals surface area contributed by atoms with Crippen LogP contribution in [0.25, 0.3) is 10.9 Å². The summed E-state index contributed by atoms with van der Waals surface area (Å²) in [6, 6.07) is 16.7. The highest BCUT2D eigenvalue weighted by molar-refractivity contribution is 7.80. The van der Waals surface area contributed by atoms with Crippen LogP contribution >= 0.6 is 12.2 Å². The SMILES string of the molecule is CC[C@@H](C)Oc1cccc(C(=O)NC(=S)Nc2cccc3nc(C)ccc23)c1. The highest BCUT2D eigenvalue weighted by Crippen LogP contribution is 2.22. The molecule has 0 aliphatic heterocycles. The number of aryl methyl sites for hydroxylation is 1. The zero-order chi connectivity index (χ0) is 20.1. The lowest BCUT2D eigenvalue weighted by Crippen LogP contribution is -2.34. The van der Waals surface area contributed by atoms with Crippen molar-refractivity contribution in [1.82, 2.24) is 10.3 Å². The fraction of sp³-hybridized carbons (Fsp3) is 0.227. The Morgan fingerprint density at radius 2 is 1.96 bits per heavy atom. The quantitative estimate of drug-likeness (QED) is 0.607. The molecule has 6 heteroatoms. The molecule has 5 nitrogen and oxygen atoms in total. The molecule has 0 radical (unpaired) electrons. The summed E-state index contributed by atoms with van der Waals surface area (Å²) in [6.07, 6.45) is 0.980. The zero-order valence-electron chi connectivity index (χ0n) is 16.2. The number of nitrogens with one attached hydrogen (secondary N) is 2. The van der Waals surface area contributed by atoms with Gasteiger partial charge in [-0.25, -0.2) is 0 Å². The molecule has 144 valence electrons. The Morgan fingerprint density at radius 3 is 2.75 bits per heavy atom. The van der Waals surface area contributed by atoms with Gasteiger partial charge in [-0.1, -0.05) is 19.1 Å². The van der Waals surface area contributed by atoms with Crippen molar-refractivity contribution in [3.63, 3.8) is 0 Å². The van der Waals surface area contributed by atoms with Gasteiger partial charge in [0.15, 0.2) is 5.11 Å². The van der Waals surface area contributed by atoms with Crippen LogP contribution in [0, 0.1) is 6.92 Å². The number of carbonyl (C=O) groups excluding carboxylic acids is 1. The molecule has 3 aromatic rings. The lowest BCUT2D eigenvalue weighted by atomic mass is 10.1. The van der Waals surface area contributed by atoms with Crippen LogP contribution in [0.15, 0.2) is 54.6 Å². The highest BCUT2D eigenvalue weighted by Gasteiger charge is 2.11. The summed E-state index contributed by atoms with van der Waals surface area (Å²) in [5, 5.41) is 6.98. The maximum absolute atomic E-state index is 12.6. The van der Waals surface area contributed by atoms with Gasteiger partial charge in [-0.3, -0.25) is 15.1 Å². The normalized spacial score (nSPS) is 11.7. The van der Waals surface area contributed by atoms with E-state index in [1.54, 1.807) is 18.2 Å². The standard InChI is InChI=1S/C22H23N3O2S/c1-4-15(3)27-17-8-5-7-16(13-17)21(26)25-22(28)24-20-10-6-9-19-18(20)12-11-14(2)23-19/h5-13,15H,4H2,1-3H3,(H2,24,25,26,28)/t15-/m1/s1. The van der Waals surface area contributed by atoms with Crippen LogP contribution in [0.2, 0.25) is 0 Å². The van der Waals surface area contributed by atoms with Gasteiger partial charge in [0, 0.05) is 22.3 Å². The molecule has 0 saturated heterocycles. The van der Waals surface area contributed by atoms with Gasteiger partial charge >= 0.3 is 0 Å². The Hall–Kier alpha value is -2.99. The number of aromatic nitrogens is 1. The number of thiocarbonyl (C=S) groups is 1. The molecule has 1 heterocycles. The van der Waals surface area contributed by atoms with E-state index in [9.17, 15) is 4.79 Å². The molecule has 28 heavy (non-hydrogen) atoms. The van der Waals surface area contributed by atoms with Gasteiger partial charge < -0.3 is 10.1 Å². The van der Waals surface area contributed by atoms with Gasteiger partial charge in [-0.05, 0) is 75.0 Å². The Balaban J connectivity index is 1.70. The molecule has 0 aliphatic rings. The number of amides is 1. The molecule has 1 amide bonds. The van der Waals surface area contributed by atoms with Crippen molar-refractivity contribution < 1.29 is 9.53 Å². The summed E-state index contributed by atoms with van der Waals surface area (Å²) in [7, 11) is 0. The van der Waals surface area contributed by atoms with Gasteiger partial charge in [0.2, 0.25) is 0 Å². The van der Waals surface area contributed by atoms with Crippen LogP contribution in [0.3, 0.4) is 0 Å². The van der Waals surface area contributed by atoms with E-state index in [0.717, 1.165) is 28.7 Å². The van der Waals surface area contributed by atoms with E-state index in [4.69, 9.17) is 17.0 Å². The van der Waals surface area contributed by atoms with Gasteiger partial charge in [0.1, 0.15) is 5.75 Å². The summed E-state index contributed by atoms with van der Waals surface area (Å²) in [5.74, 6) is 0.373. The van der Waals surface area contributed by atoms with Crippen molar-refractivity contribution in [3.8, 4) is 5.75 Å². The van der Waals surface area contributed by atoms with Crippen molar-refractivity contribution in [2.24, 2.45) is 0 Å². The van der Waals surface area contributed by atoms with Crippen LogP contribution < -0.4 is 15.4 Å². The molecule has 0 fully saturated rings. The van der Waals surface area contributed by atoms with Gasteiger partial charge in [0.25, 0.3) is 5.91 Å². The maximum Gasteiger partial charge on any atom is 0.257 e. The molecule has 0 unspecified atom stereocenters. The van der Waals surface area contributed by atoms with Gasteiger partial charge in [0.05, 0.1) is 11.6 Å². The molecule has 2 aromatic carbocycles. The summed E-state index contributed by atoms with van der Waals surface area (Å²) in [6.45, 7) is 5.99. The third-order valence-electron chi connectivity index (χ3n) is 4.35. The zero-order valence-corrected chi connectivity index (χ0v) is 17.0. The predicted octanol–water partition coefficient (Wildman–Crippen LogP) is 4.85. The van der Waals surface area contributed by atoms with E-state index in [2.05, 4.69) is 22.5 Å². The second kappa shape index (κ2) is 8.80. The number of anilines is 1. The highest BCUT2D eigenvalue weighted by atomic mass is 32.1. The number of benzene rings is 2. The number of hydrogen-bond acceptors (Lipinski definition) is 4. The van der Waals surface area contributed by atoms with Crippen molar-refractivity contribution in [1.29, 1.82) is 0 Å². The van der Waals surface area contributed by atoms with Crippen molar-refractivity contribution in [2.75, 3.05) is 5.32 Å². The first-order valence-corrected chi connectivity index (χ1v) is 9.62. The van der Waals surface area contributed by atoms with E-state index in [-0.39, 0.29) is 17.1 Å². The Morgan fingerprint density at radius 1 is 1.18 bits per heavy atom. The summed E-state index contributed by atoms with van der Waals surface area (Å²) >= 11 is 5.33. The van der Waals surface area contributed by atoms with Crippen LogP contribution in [0.1, 0.15) is 36.3 Å². The molecule has 2 N–H and O–H groups in total. The first-order valence-electron chi connectivity index (χ1n) is 9.21. The molecule has 1 aromatic heterocycles. The third-order valence-corrected chi connectivity index (χ3v) is 4.56. The monoisotopic (exact) mass is 393 g/mol. The first kappa shape index (κ1) is 19.8. The van der Waals surface area contributed by atoms with E-state index in [1.165, 1.54) is 0 Å². The molecule has 0 spiro atoms. The minimum atomic E-state index is -0.290. The molecule has 0 aliphatic carbocycles. The van der Waals surface area contributed by atoms with E-state index in [1.807, 2.05) is 50.2 Å². The van der Waals surface area contributed by atoms with Crippen LogP contribution in [-0.2, 0) is 0 Å². The average molecular weight is 394 g/mol. The number of carbonyl (C=O) groups is 1. The second-order valence-corrected chi connectivity index (χ2v) is 7.01. The maximum atomic E-state index is 12.6. The average Bonchev–Trinajstić information content (AvgIpc) is 2.68. The van der Waals surface area contributed by atoms with E-state index >= 15 is 0 Å². The molecular formula is C22H23N3O2S. The van der Waals surface area contributed by atoms with Crippen LogP contribution in [0.4, 0.5) is 5.69 Å². The van der Waals surface area contributed by atoms with Crippen molar-refractivity contribution in [2.45, 2.75) is 33.3 Å². The largest absolute Gasteiger partial charge is 0.491 e. The number of fused-ring (bicyclic) bond motifs is 1. The molecular weight excluding hydrogens is 370 g/mol. The fourth-order valence-electron chi connectivity index (χ4n) is 2.72. The molecule has 0 bridgehead atoms. The number of rotatable bonds is 5. The third kappa shape index (κ3) is 4.84. The fourth-order valence-corrected chi connectivity index (χ4v) is 2.92. The summed E-state index contributed by atoms with van der Waals surface area (Å²) in [4.78, 5) is 17.1. The van der Waals surface area contributed by atoms with Crippen LogP contribution in [-0.4, -0.2) is 22.1 Å². The first-order chi connectivity index (χ1) is 13.5. The number of pyridine rings is 1. The molecule has 0 saturated carbocycles.